The first-order chi connectivity index (χ1) is 26.0. The lowest BCUT2D eigenvalue weighted by Gasteiger charge is -2.45. The van der Waals surface area contributed by atoms with Gasteiger partial charge in [0.25, 0.3) is 0 Å². The van der Waals surface area contributed by atoms with Crippen LogP contribution in [0.1, 0.15) is 150 Å². The topological polar surface area (TPSA) is 229 Å². The van der Waals surface area contributed by atoms with E-state index >= 15 is 0 Å². The van der Waals surface area contributed by atoms with Gasteiger partial charge in [0.2, 0.25) is 5.91 Å². The number of amides is 1. The molecular formula is C36H67NO16P2. The summed E-state index contributed by atoms with van der Waals surface area (Å²) in [6.07, 6.45) is 13.2. The number of unbranched alkanes of at least 4 members (excludes halogenated alkanes) is 17. The summed E-state index contributed by atoms with van der Waals surface area (Å²) in [4.78, 5) is 68.9. The minimum atomic E-state index is -5.53. The Bertz CT molecular complexity index is 1220. The van der Waals surface area contributed by atoms with Gasteiger partial charge < -0.3 is 38.8 Å². The Balaban J connectivity index is 2.65. The van der Waals surface area contributed by atoms with Crippen LogP contribution in [0.4, 0.5) is 0 Å². The SMILES string of the molecule is CCCCCCCCCCCCCCCCCCCCOP(=O)(O)OP(=O)(O)O[C@H]1O[C@H](COC(C)=O)[C@@H](OC(C)=O)[C@H](O[C@H](C)C(=O)OC)[C@H]1NC(C)=O. The molecule has 2 unspecified atom stereocenters. The number of hydrogen-bond acceptors (Lipinski definition) is 14. The van der Waals surface area contributed by atoms with Crippen LogP contribution < -0.4 is 5.32 Å². The smallest absolute Gasteiger partial charge is 0.467 e. The van der Waals surface area contributed by atoms with E-state index in [0.29, 0.717) is 12.8 Å². The number of esters is 3. The van der Waals surface area contributed by atoms with Gasteiger partial charge in [-0.3, -0.25) is 23.4 Å². The average Bonchev–Trinajstić information content (AvgIpc) is 3.09. The zero-order chi connectivity index (χ0) is 41.3. The molecule has 1 saturated heterocycles. The first-order valence-corrected chi connectivity index (χ1v) is 22.7. The van der Waals surface area contributed by atoms with Crippen molar-refractivity contribution in [2.45, 2.75) is 187 Å². The van der Waals surface area contributed by atoms with Gasteiger partial charge in [0.15, 0.2) is 18.5 Å². The average molecular weight is 832 g/mol. The molecule has 0 aromatic rings. The normalized spacial score (nSPS) is 22.5. The van der Waals surface area contributed by atoms with Gasteiger partial charge in [-0.05, 0) is 13.3 Å². The van der Waals surface area contributed by atoms with Crippen LogP contribution in [-0.4, -0.2) is 90.7 Å². The second-order valence-electron chi connectivity index (χ2n) is 13.9. The molecule has 0 aromatic carbocycles. The van der Waals surface area contributed by atoms with E-state index in [2.05, 4.69) is 21.3 Å². The van der Waals surface area contributed by atoms with Crippen LogP contribution in [0, 0.1) is 0 Å². The fraction of sp³-hybridized carbons (Fsp3) is 0.889. The molecule has 0 aromatic heterocycles. The van der Waals surface area contributed by atoms with Gasteiger partial charge in [0.05, 0.1) is 13.7 Å². The van der Waals surface area contributed by atoms with Crippen LogP contribution in [-0.2, 0) is 65.4 Å². The van der Waals surface area contributed by atoms with E-state index < -0.39 is 82.8 Å². The molecule has 3 N–H and O–H groups in total. The van der Waals surface area contributed by atoms with Crippen molar-refractivity contribution >= 4 is 39.5 Å². The van der Waals surface area contributed by atoms with Crippen molar-refractivity contribution in [3.05, 3.63) is 0 Å². The Labute approximate surface area is 326 Å². The van der Waals surface area contributed by atoms with Gasteiger partial charge in [0.1, 0.15) is 24.9 Å². The summed E-state index contributed by atoms with van der Waals surface area (Å²) in [5.41, 5.74) is 0. The van der Waals surface area contributed by atoms with Gasteiger partial charge in [-0.15, -0.1) is 0 Å². The fourth-order valence-corrected chi connectivity index (χ4v) is 8.34. The summed E-state index contributed by atoms with van der Waals surface area (Å²) >= 11 is 0. The predicted molar refractivity (Wildman–Crippen MR) is 201 cm³/mol. The lowest BCUT2D eigenvalue weighted by molar-refractivity contribution is -0.268. The minimum Gasteiger partial charge on any atom is -0.467 e. The Morgan fingerprint density at radius 2 is 1.22 bits per heavy atom. The number of carbonyl (C=O) groups excluding carboxylic acids is 4. The highest BCUT2D eigenvalue weighted by molar-refractivity contribution is 7.61. The second-order valence-corrected chi connectivity index (χ2v) is 16.9. The van der Waals surface area contributed by atoms with E-state index in [0.717, 1.165) is 47.1 Å². The van der Waals surface area contributed by atoms with Gasteiger partial charge in [0, 0.05) is 20.8 Å². The molecular weight excluding hydrogens is 764 g/mol. The zero-order valence-electron chi connectivity index (χ0n) is 33.6. The minimum absolute atomic E-state index is 0.239. The molecule has 1 amide bonds. The number of hydrogen-bond donors (Lipinski definition) is 3. The Morgan fingerprint density at radius 1 is 0.727 bits per heavy atom. The molecule has 1 rings (SSSR count). The van der Waals surface area contributed by atoms with Crippen molar-refractivity contribution in [2.75, 3.05) is 20.3 Å². The first-order valence-electron chi connectivity index (χ1n) is 19.7. The van der Waals surface area contributed by atoms with Crippen LogP contribution in [0.5, 0.6) is 0 Å². The number of ether oxygens (including phenoxy) is 5. The van der Waals surface area contributed by atoms with Gasteiger partial charge >= 0.3 is 33.6 Å². The van der Waals surface area contributed by atoms with Crippen molar-refractivity contribution in [1.82, 2.24) is 5.32 Å². The molecule has 0 bridgehead atoms. The highest BCUT2D eigenvalue weighted by Gasteiger charge is 2.53. The Kier molecular flexibility index (Phi) is 26.4. The number of carbonyl (C=O) groups is 4. The Hall–Kier alpha value is -1.94. The molecule has 8 atom stereocenters. The van der Waals surface area contributed by atoms with Crippen LogP contribution >= 0.6 is 15.6 Å². The lowest BCUT2D eigenvalue weighted by Crippen LogP contribution is -2.66. The van der Waals surface area contributed by atoms with Gasteiger partial charge in [-0.25, -0.2) is 13.9 Å². The summed E-state index contributed by atoms with van der Waals surface area (Å²) in [7, 11) is -9.60. The maximum Gasteiger partial charge on any atom is 0.483 e. The standard InChI is InChI=1S/C36H67NO16P2/c1-7-8-9-10-11-12-13-14-15-16-17-18-19-20-21-22-23-24-25-48-54(42,43)53-55(44,45)52-36-32(37-28(3)38)34(49-27(2)35(41)46-6)33(50-30(5)40)31(51-36)26-47-29(4)39/h27,31-34,36H,7-26H2,1-6H3,(H,37,38)(H,42,43)(H,44,45)/t27-,31-,32-,33-,34-,36-/m1/s1. The molecule has 1 fully saturated rings. The van der Waals surface area contributed by atoms with E-state index in [-0.39, 0.29) is 6.61 Å². The largest absolute Gasteiger partial charge is 0.483 e. The molecule has 17 nitrogen and oxygen atoms in total. The van der Waals surface area contributed by atoms with Crippen molar-refractivity contribution in [3.63, 3.8) is 0 Å². The van der Waals surface area contributed by atoms with Crippen LogP contribution in [0.3, 0.4) is 0 Å². The predicted octanol–water partition coefficient (Wildman–Crippen LogP) is 6.95. The van der Waals surface area contributed by atoms with E-state index in [9.17, 15) is 38.1 Å². The van der Waals surface area contributed by atoms with Crippen molar-refractivity contribution in [2.24, 2.45) is 0 Å². The first kappa shape index (κ1) is 51.1. The van der Waals surface area contributed by atoms with Gasteiger partial charge in [-0.1, -0.05) is 116 Å². The molecule has 1 heterocycles. The second kappa shape index (κ2) is 28.5. The summed E-state index contributed by atoms with van der Waals surface area (Å²) in [6, 6.07) is -1.61. The summed E-state index contributed by atoms with van der Waals surface area (Å²) < 4.78 is 66.8. The molecule has 0 radical (unpaired) electrons. The zero-order valence-corrected chi connectivity index (χ0v) is 35.4. The highest BCUT2D eigenvalue weighted by Crippen LogP contribution is 2.61. The highest BCUT2D eigenvalue weighted by atomic mass is 31.3. The molecule has 19 heteroatoms. The monoisotopic (exact) mass is 831 g/mol. The van der Waals surface area contributed by atoms with Crippen molar-refractivity contribution in [3.8, 4) is 0 Å². The maximum absolute atomic E-state index is 13.1. The van der Waals surface area contributed by atoms with E-state index in [1.54, 1.807) is 0 Å². The lowest BCUT2D eigenvalue weighted by atomic mass is 9.96. The summed E-state index contributed by atoms with van der Waals surface area (Å²) in [6.45, 7) is 5.89. The molecule has 55 heavy (non-hydrogen) atoms. The summed E-state index contributed by atoms with van der Waals surface area (Å²) in [5, 5.41) is 2.39. The van der Waals surface area contributed by atoms with Crippen molar-refractivity contribution < 1.29 is 75.1 Å². The maximum atomic E-state index is 13.1. The third-order valence-corrected chi connectivity index (χ3v) is 11.5. The van der Waals surface area contributed by atoms with E-state index in [1.807, 2.05) is 0 Å². The molecule has 322 valence electrons. The third-order valence-electron chi connectivity index (χ3n) is 8.86. The van der Waals surface area contributed by atoms with E-state index in [4.69, 9.17) is 28.0 Å². The molecule has 1 aliphatic heterocycles. The molecule has 1 aliphatic rings. The number of phosphoric ester groups is 2. The van der Waals surface area contributed by atoms with E-state index in [1.165, 1.54) is 90.4 Å². The van der Waals surface area contributed by atoms with Crippen molar-refractivity contribution in [1.29, 1.82) is 0 Å². The van der Waals surface area contributed by atoms with Crippen LogP contribution in [0.25, 0.3) is 0 Å². The third kappa shape index (κ3) is 23.8. The number of methoxy groups -OCH3 is 1. The molecule has 0 aliphatic carbocycles. The number of phosphoric acid groups is 2. The Morgan fingerprint density at radius 3 is 1.65 bits per heavy atom. The molecule has 0 spiro atoms. The molecule has 0 saturated carbocycles. The number of nitrogens with one attached hydrogen (secondary N) is 1. The van der Waals surface area contributed by atoms with Gasteiger partial charge in [-0.2, -0.15) is 4.31 Å². The quantitative estimate of drug-likeness (QED) is 0.0278. The summed E-state index contributed by atoms with van der Waals surface area (Å²) in [5.74, 6) is -3.23. The number of rotatable bonds is 31. The van der Waals surface area contributed by atoms with Crippen LogP contribution in [0.15, 0.2) is 0 Å². The fourth-order valence-electron chi connectivity index (χ4n) is 6.16. The van der Waals surface area contributed by atoms with Crippen LogP contribution in [0.2, 0.25) is 0 Å².